The van der Waals surface area contributed by atoms with Gasteiger partial charge in [0, 0.05) is 17.8 Å². The molecule has 0 bridgehead atoms. The molecular weight excluding hydrogens is 126 g/mol. The minimum absolute atomic E-state index is 0.329. The molecule has 48 valence electrons. The van der Waals surface area contributed by atoms with Gasteiger partial charge in [-0.3, -0.25) is 4.21 Å². The molecule has 0 aliphatic heterocycles. The highest BCUT2D eigenvalue weighted by molar-refractivity contribution is 7.77. The number of nitrogens with one attached hydrogen (secondary N) is 1. The monoisotopic (exact) mass is 134 g/mol. The summed E-state index contributed by atoms with van der Waals surface area (Å²) in [6, 6.07) is 0. The van der Waals surface area contributed by atoms with Crippen molar-refractivity contribution < 1.29 is 8.76 Å². The molecule has 0 amide bonds. The zero-order valence-corrected chi connectivity index (χ0v) is 5.46. The van der Waals surface area contributed by atoms with Crippen molar-refractivity contribution in [3.8, 4) is 0 Å². The second kappa shape index (κ2) is 3.77. The Kier molecular flexibility index (Phi) is 3.68. The Labute approximate surface area is 51.2 Å². The van der Waals surface area contributed by atoms with Crippen molar-refractivity contribution in [1.29, 1.82) is 0 Å². The third kappa shape index (κ3) is 5.81. The predicted octanol–water partition coefficient (Wildman–Crippen LogP) is -0.0538. The largest absolute Gasteiger partial charge is 0.760 e. The molecule has 0 fully saturated rings. The van der Waals surface area contributed by atoms with Crippen molar-refractivity contribution >= 4 is 11.3 Å². The van der Waals surface area contributed by atoms with Crippen LogP contribution in [0.1, 0.15) is 6.92 Å². The fraction of sp³-hybridized carbons (Fsp3) is 0.500. The Morgan fingerprint density at radius 1 is 2.00 bits per heavy atom. The lowest BCUT2D eigenvalue weighted by atomic mass is 10.4. The molecular formula is C4H8NO2S-. The molecule has 0 heterocycles. The van der Waals surface area contributed by atoms with Crippen molar-refractivity contribution in [3.05, 3.63) is 12.2 Å². The molecule has 1 N–H and O–H groups in total. The van der Waals surface area contributed by atoms with Gasteiger partial charge in [-0.1, -0.05) is 12.2 Å². The van der Waals surface area contributed by atoms with Crippen LogP contribution >= 0.6 is 0 Å². The zero-order chi connectivity index (χ0) is 6.57. The van der Waals surface area contributed by atoms with E-state index in [-0.39, 0.29) is 0 Å². The van der Waals surface area contributed by atoms with Gasteiger partial charge in [-0.15, -0.1) is 0 Å². The van der Waals surface area contributed by atoms with Crippen LogP contribution < -0.4 is 4.72 Å². The van der Waals surface area contributed by atoms with Crippen molar-refractivity contribution in [2.75, 3.05) is 6.54 Å². The molecule has 0 aromatic rings. The maximum absolute atomic E-state index is 9.75. The molecule has 4 heteroatoms. The van der Waals surface area contributed by atoms with Gasteiger partial charge in [0.1, 0.15) is 0 Å². The van der Waals surface area contributed by atoms with Gasteiger partial charge in [0.05, 0.1) is 0 Å². The summed E-state index contributed by atoms with van der Waals surface area (Å²) in [5.41, 5.74) is 0.800. The van der Waals surface area contributed by atoms with Crippen LogP contribution in [0.5, 0.6) is 0 Å². The van der Waals surface area contributed by atoms with Crippen LogP contribution in [0.4, 0.5) is 0 Å². The van der Waals surface area contributed by atoms with Crippen LogP contribution in [-0.2, 0) is 11.3 Å². The molecule has 0 saturated carbocycles. The van der Waals surface area contributed by atoms with E-state index in [2.05, 4.69) is 11.3 Å². The Balaban J connectivity index is 3.18. The van der Waals surface area contributed by atoms with Crippen LogP contribution in [0.15, 0.2) is 12.2 Å². The summed E-state index contributed by atoms with van der Waals surface area (Å²) in [5.74, 6) is 0. The van der Waals surface area contributed by atoms with Crippen LogP contribution in [0.3, 0.4) is 0 Å². The summed E-state index contributed by atoms with van der Waals surface area (Å²) in [6.07, 6.45) is 0. The van der Waals surface area contributed by atoms with E-state index in [0.717, 1.165) is 5.57 Å². The average Bonchev–Trinajstić information content (AvgIpc) is 1.61. The SMILES string of the molecule is C=C(C)CNS(=O)[O-]. The van der Waals surface area contributed by atoms with Gasteiger partial charge in [-0.25, -0.2) is 4.72 Å². The second-order valence-corrected chi connectivity index (χ2v) is 2.27. The lowest BCUT2D eigenvalue weighted by Gasteiger charge is -2.04. The zero-order valence-electron chi connectivity index (χ0n) is 4.64. The third-order valence-electron chi connectivity index (χ3n) is 0.492. The summed E-state index contributed by atoms with van der Waals surface area (Å²) in [5, 5.41) is 0. The highest BCUT2D eigenvalue weighted by Gasteiger charge is 1.81. The van der Waals surface area contributed by atoms with Gasteiger partial charge >= 0.3 is 0 Å². The lowest BCUT2D eigenvalue weighted by Crippen LogP contribution is -2.17. The van der Waals surface area contributed by atoms with E-state index in [4.69, 9.17) is 0 Å². The maximum atomic E-state index is 9.75. The lowest BCUT2D eigenvalue weighted by molar-refractivity contribution is 0.525. The van der Waals surface area contributed by atoms with Crippen LogP contribution in [0, 0.1) is 0 Å². The van der Waals surface area contributed by atoms with E-state index in [0.29, 0.717) is 6.54 Å². The second-order valence-electron chi connectivity index (χ2n) is 1.51. The quantitative estimate of drug-likeness (QED) is 0.434. The molecule has 0 radical (unpaired) electrons. The first-order valence-corrected chi connectivity index (χ1v) is 3.17. The minimum Gasteiger partial charge on any atom is -0.760 e. The van der Waals surface area contributed by atoms with E-state index in [1.165, 1.54) is 0 Å². The van der Waals surface area contributed by atoms with Gasteiger partial charge in [0.25, 0.3) is 0 Å². The van der Waals surface area contributed by atoms with Crippen molar-refractivity contribution in [2.24, 2.45) is 0 Å². The molecule has 1 atom stereocenters. The number of hydrogen-bond acceptors (Lipinski definition) is 2. The summed E-state index contributed by atoms with van der Waals surface area (Å²) < 4.78 is 21.7. The van der Waals surface area contributed by atoms with Gasteiger partial charge in [0.2, 0.25) is 0 Å². The first-order valence-electron chi connectivity index (χ1n) is 2.10. The van der Waals surface area contributed by atoms with E-state index in [1.54, 1.807) is 6.92 Å². The van der Waals surface area contributed by atoms with Gasteiger partial charge in [0.15, 0.2) is 0 Å². The standard InChI is InChI=1S/C4H9NO2S/c1-4(2)3-5-8(6)7/h5H,1,3H2,2H3,(H,6,7)/p-1. The van der Waals surface area contributed by atoms with E-state index in [1.807, 2.05) is 0 Å². The van der Waals surface area contributed by atoms with Gasteiger partial charge < -0.3 is 4.55 Å². The first-order chi connectivity index (χ1) is 3.63. The van der Waals surface area contributed by atoms with E-state index >= 15 is 0 Å². The first kappa shape index (κ1) is 7.81. The van der Waals surface area contributed by atoms with E-state index < -0.39 is 11.3 Å². The molecule has 0 spiro atoms. The average molecular weight is 134 g/mol. The predicted molar refractivity (Wildman–Crippen MR) is 31.7 cm³/mol. The van der Waals surface area contributed by atoms with Crippen LogP contribution in [-0.4, -0.2) is 15.3 Å². The molecule has 0 saturated heterocycles. The van der Waals surface area contributed by atoms with Crippen molar-refractivity contribution in [3.63, 3.8) is 0 Å². The van der Waals surface area contributed by atoms with Crippen molar-refractivity contribution in [1.82, 2.24) is 4.72 Å². The molecule has 1 unspecified atom stereocenters. The molecule has 8 heavy (non-hydrogen) atoms. The molecule has 0 aromatic carbocycles. The molecule has 0 aromatic heterocycles. The minimum atomic E-state index is -2.15. The molecule has 3 nitrogen and oxygen atoms in total. The summed E-state index contributed by atoms with van der Waals surface area (Å²) in [7, 11) is 0. The summed E-state index contributed by atoms with van der Waals surface area (Å²) in [6.45, 7) is 5.57. The number of hydrogen-bond donors (Lipinski definition) is 1. The van der Waals surface area contributed by atoms with E-state index in [9.17, 15) is 8.76 Å². The maximum Gasteiger partial charge on any atom is 0.0276 e. The summed E-state index contributed by atoms with van der Waals surface area (Å²) >= 11 is -2.15. The normalized spacial score (nSPS) is 13.2. The third-order valence-corrected chi connectivity index (χ3v) is 0.872. The Hall–Kier alpha value is -0.190. The van der Waals surface area contributed by atoms with Crippen molar-refractivity contribution in [2.45, 2.75) is 6.92 Å². The van der Waals surface area contributed by atoms with Crippen LogP contribution in [0.25, 0.3) is 0 Å². The Morgan fingerprint density at radius 2 is 2.50 bits per heavy atom. The highest BCUT2D eigenvalue weighted by atomic mass is 32.2. The fourth-order valence-corrected chi connectivity index (χ4v) is 0.546. The Morgan fingerprint density at radius 3 is 2.62 bits per heavy atom. The Bertz CT molecular complexity index is 98.6. The highest BCUT2D eigenvalue weighted by Crippen LogP contribution is 1.80. The fourth-order valence-electron chi connectivity index (χ4n) is 0.182. The topological polar surface area (TPSA) is 52.2 Å². The molecule has 0 rings (SSSR count). The molecule has 0 aliphatic carbocycles. The summed E-state index contributed by atoms with van der Waals surface area (Å²) in [4.78, 5) is 0. The van der Waals surface area contributed by atoms with Gasteiger partial charge in [-0.05, 0) is 6.92 Å². The van der Waals surface area contributed by atoms with Crippen LogP contribution in [0.2, 0.25) is 0 Å². The molecule has 0 aliphatic rings. The van der Waals surface area contributed by atoms with Gasteiger partial charge in [-0.2, -0.15) is 0 Å². The number of rotatable bonds is 3. The smallest absolute Gasteiger partial charge is 0.0276 e.